The molecule has 0 saturated heterocycles. The minimum atomic E-state index is -0.611. The number of benzene rings is 2. The first-order chi connectivity index (χ1) is 12.1. The Morgan fingerprint density at radius 1 is 0.920 bits per heavy atom. The van der Waals surface area contributed by atoms with Crippen molar-refractivity contribution in [2.45, 2.75) is 19.3 Å². The molecule has 6 nitrogen and oxygen atoms in total. The van der Waals surface area contributed by atoms with E-state index in [-0.39, 0.29) is 0 Å². The van der Waals surface area contributed by atoms with Crippen LogP contribution in [-0.2, 0) is 14.3 Å². The zero-order chi connectivity index (χ0) is 18.1. The van der Waals surface area contributed by atoms with Gasteiger partial charge in [-0.1, -0.05) is 55.5 Å². The molecule has 0 unspecified atom stereocenters. The van der Waals surface area contributed by atoms with E-state index in [0.717, 1.165) is 5.56 Å². The molecule has 2 aromatic carbocycles. The van der Waals surface area contributed by atoms with Gasteiger partial charge in [-0.3, -0.25) is 25.2 Å². The van der Waals surface area contributed by atoms with Crippen LogP contribution in [0.15, 0.2) is 60.7 Å². The van der Waals surface area contributed by atoms with Crippen LogP contribution in [0.4, 0.5) is 0 Å². The average Bonchev–Trinajstić information content (AvgIpc) is 2.66. The fourth-order valence-electron chi connectivity index (χ4n) is 2.29. The summed E-state index contributed by atoms with van der Waals surface area (Å²) in [5, 5.41) is 0. The van der Waals surface area contributed by atoms with E-state index in [1.54, 1.807) is 30.3 Å². The zero-order valence-corrected chi connectivity index (χ0v) is 13.9. The van der Waals surface area contributed by atoms with Gasteiger partial charge < -0.3 is 4.74 Å². The van der Waals surface area contributed by atoms with Crippen molar-refractivity contribution in [1.29, 1.82) is 0 Å². The van der Waals surface area contributed by atoms with Gasteiger partial charge in [-0.2, -0.15) is 0 Å². The van der Waals surface area contributed by atoms with Crippen LogP contribution in [0.5, 0.6) is 0 Å². The minimum absolute atomic E-state index is 0.412. The fourth-order valence-corrected chi connectivity index (χ4v) is 2.29. The smallest absolute Gasteiger partial charge is 0.313 e. The maximum Gasteiger partial charge on any atom is 0.313 e. The summed E-state index contributed by atoms with van der Waals surface area (Å²) in [6.45, 7) is 1.41. The van der Waals surface area contributed by atoms with Crippen LogP contribution < -0.4 is 10.9 Å². The van der Waals surface area contributed by atoms with E-state index in [1.807, 2.05) is 37.3 Å². The summed E-state index contributed by atoms with van der Waals surface area (Å²) >= 11 is 0. The molecule has 2 rings (SSSR count). The highest BCUT2D eigenvalue weighted by atomic mass is 16.5. The molecule has 0 aliphatic rings. The standard InChI is InChI=1S/C19H20N2O4/c1-2-16(14-9-5-3-6-10-14)19(24)25-13-17(22)20-21-18(23)15-11-7-4-8-12-15/h3-12,16H,2,13H2,1H3,(H,20,22)(H,21,23)/t16-/m1/s1. The highest BCUT2D eigenvalue weighted by molar-refractivity contribution is 5.95. The van der Waals surface area contributed by atoms with Crippen LogP contribution in [-0.4, -0.2) is 24.4 Å². The minimum Gasteiger partial charge on any atom is -0.455 e. The van der Waals surface area contributed by atoms with E-state index < -0.39 is 30.3 Å². The normalized spacial score (nSPS) is 11.2. The topological polar surface area (TPSA) is 84.5 Å². The lowest BCUT2D eigenvalue weighted by atomic mass is 9.97. The molecule has 2 N–H and O–H groups in total. The number of amides is 2. The molecule has 0 aliphatic carbocycles. The third-order valence-corrected chi connectivity index (χ3v) is 3.59. The highest BCUT2D eigenvalue weighted by Gasteiger charge is 2.21. The Balaban J connectivity index is 1.79. The molecule has 0 fully saturated rings. The van der Waals surface area contributed by atoms with Crippen LogP contribution >= 0.6 is 0 Å². The second-order valence-corrected chi connectivity index (χ2v) is 5.35. The van der Waals surface area contributed by atoms with Gasteiger partial charge in [0.25, 0.3) is 11.8 Å². The number of hydrogen-bond donors (Lipinski definition) is 2. The second-order valence-electron chi connectivity index (χ2n) is 5.35. The molecule has 6 heteroatoms. The summed E-state index contributed by atoms with van der Waals surface area (Å²) in [4.78, 5) is 35.7. The Morgan fingerprint density at radius 3 is 2.12 bits per heavy atom. The molecule has 2 aromatic rings. The molecule has 130 valence electrons. The maximum atomic E-state index is 12.1. The van der Waals surface area contributed by atoms with E-state index in [9.17, 15) is 14.4 Å². The third kappa shape index (κ3) is 5.46. The Kier molecular flexibility index (Phi) is 6.71. The molecule has 0 saturated carbocycles. The van der Waals surface area contributed by atoms with Gasteiger partial charge in [0.2, 0.25) is 0 Å². The first-order valence-electron chi connectivity index (χ1n) is 7.97. The summed E-state index contributed by atoms with van der Waals surface area (Å²) in [7, 11) is 0. The van der Waals surface area contributed by atoms with Crippen molar-refractivity contribution in [3.05, 3.63) is 71.8 Å². The predicted octanol–water partition coefficient (Wildman–Crippen LogP) is 2.18. The van der Waals surface area contributed by atoms with E-state index in [0.29, 0.717) is 12.0 Å². The molecule has 0 radical (unpaired) electrons. The van der Waals surface area contributed by atoms with Crippen LogP contribution in [0.3, 0.4) is 0 Å². The van der Waals surface area contributed by atoms with Crippen molar-refractivity contribution in [3.63, 3.8) is 0 Å². The number of hydrogen-bond acceptors (Lipinski definition) is 4. The lowest BCUT2D eigenvalue weighted by Crippen LogP contribution is -2.43. The highest BCUT2D eigenvalue weighted by Crippen LogP contribution is 2.20. The molecule has 0 heterocycles. The number of carbonyl (C=O) groups excluding carboxylic acids is 3. The zero-order valence-electron chi connectivity index (χ0n) is 13.9. The molecule has 0 aromatic heterocycles. The van der Waals surface area contributed by atoms with E-state index in [1.165, 1.54) is 0 Å². The van der Waals surface area contributed by atoms with E-state index in [4.69, 9.17) is 4.74 Å². The van der Waals surface area contributed by atoms with Crippen LogP contribution in [0.2, 0.25) is 0 Å². The lowest BCUT2D eigenvalue weighted by molar-refractivity contribution is -0.150. The number of esters is 1. The average molecular weight is 340 g/mol. The lowest BCUT2D eigenvalue weighted by Gasteiger charge is -2.14. The van der Waals surface area contributed by atoms with Crippen molar-refractivity contribution in [2.75, 3.05) is 6.61 Å². The van der Waals surface area contributed by atoms with Crippen molar-refractivity contribution in [3.8, 4) is 0 Å². The summed E-state index contributed by atoms with van der Waals surface area (Å²) < 4.78 is 5.05. The summed E-state index contributed by atoms with van der Waals surface area (Å²) in [5.74, 6) is -1.96. The number of rotatable bonds is 6. The SMILES string of the molecule is CC[C@@H](C(=O)OCC(=O)NNC(=O)c1ccccc1)c1ccccc1. The van der Waals surface area contributed by atoms with Gasteiger partial charge in [-0.15, -0.1) is 0 Å². The van der Waals surface area contributed by atoms with E-state index >= 15 is 0 Å². The largest absolute Gasteiger partial charge is 0.455 e. The predicted molar refractivity (Wildman–Crippen MR) is 92.5 cm³/mol. The first kappa shape index (κ1) is 18.2. The van der Waals surface area contributed by atoms with Gasteiger partial charge in [-0.25, -0.2) is 0 Å². The molecule has 0 aliphatic heterocycles. The fraction of sp³-hybridized carbons (Fsp3) is 0.211. The Bertz CT molecular complexity index is 717. The number of nitrogens with one attached hydrogen (secondary N) is 2. The summed E-state index contributed by atoms with van der Waals surface area (Å²) in [5.41, 5.74) is 5.74. The molecule has 0 spiro atoms. The van der Waals surface area contributed by atoms with Gasteiger partial charge >= 0.3 is 5.97 Å². The van der Waals surface area contributed by atoms with Gasteiger partial charge in [0.1, 0.15) is 0 Å². The maximum absolute atomic E-state index is 12.1. The van der Waals surface area contributed by atoms with Crippen molar-refractivity contribution in [1.82, 2.24) is 10.9 Å². The van der Waals surface area contributed by atoms with Gasteiger partial charge in [0.05, 0.1) is 5.92 Å². The second kappa shape index (κ2) is 9.22. The van der Waals surface area contributed by atoms with Crippen molar-refractivity contribution < 1.29 is 19.1 Å². The summed E-state index contributed by atoms with van der Waals surface area (Å²) in [6, 6.07) is 17.7. The van der Waals surface area contributed by atoms with Gasteiger partial charge in [0, 0.05) is 5.56 Å². The van der Waals surface area contributed by atoms with Gasteiger partial charge in [0.15, 0.2) is 6.61 Å². The third-order valence-electron chi connectivity index (χ3n) is 3.59. The van der Waals surface area contributed by atoms with Crippen molar-refractivity contribution >= 4 is 17.8 Å². The molecule has 25 heavy (non-hydrogen) atoms. The molecule has 0 bridgehead atoms. The molecule has 1 atom stereocenters. The number of hydrazine groups is 1. The van der Waals surface area contributed by atoms with E-state index in [2.05, 4.69) is 10.9 Å². The molecular formula is C19H20N2O4. The molecular weight excluding hydrogens is 320 g/mol. The van der Waals surface area contributed by atoms with Crippen LogP contribution in [0.1, 0.15) is 35.2 Å². The Hall–Kier alpha value is -3.15. The number of ether oxygens (including phenoxy) is 1. The molecule has 2 amide bonds. The first-order valence-corrected chi connectivity index (χ1v) is 7.97. The van der Waals surface area contributed by atoms with Gasteiger partial charge in [-0.05, 0) is 24.1 Å². The van der Waals surface area contributed by atoms with Crippen molar-refractivity contribution in [2.24, 2.45) is 0 Å². The van der Waals surface area contributed by atoms with Crippen LogP contribution in [0.25, 0.3) is 0 Å². The summed E-state index contributed by atoms with van der Waals surface area (Å²) in [6.07, 6.45) is 0.565. The Labute approximate surface area is 146 Å². The number of carbonyl (C=O) groups is 3. The monoisotopic (exact) mass is 340 g/mol. The quantitative estimate of drug-likeness (QED) is 0.623. The van der Waals surface area contributed by atoms with Crippen LogP contribution in [0, 0.1) is 0 Å². The Morgan fingerprint density at radius 2 is 1.52 bits per heavy atom.